The van der Waals surface area contributed by atoms with E-state index in [1.165, 1.54) is 32.1 Å². The van der Waals surface area contributed by atoms with Gasteiger partial charge < -0.3 is 20.0 Å². The van der Waals surface area contributed by atoms with Gasteiger partial charge in [0.1, 0.15) is 11.3 Å². The van der Waals surface area contributed by atoms with E-state index in [0.29, 0.717) is 16.7 Å². The molecule has 1 fully saturated rings. The summed E-state index contributed by atoms with van der Waals surface area (Å²) in [6.45, 7) is 4.18. The minimum Gasteiger partial charge on any atom is -0.456 e. The second-order valence-corrected chi connectivity index (χ2v) is 8.14. The molecular formula is C26H26N4O2. The Morgan fingerprint density at radius 3 is 2.62 bits per heavy atom. The van der Waals surface area contributed by atoms with Crippen LogP contribution in [0.2, 0.25) is 0 Å². The highest BCUT2D eigenvalue weighted by Gasteiger charge is 2.13. The van der Waals surface area contributed by atoms with Crippen molar-refractivity contribution in [2.24, 2.45) is 0 Å². The fraction of sp³-hybridized carbons (Fsp3) is 0.231. The highest BCUT2D eigenvalue weighted by Crippen LogP contribution is 2.26. The molecule has 4 aromatic rings. The maximum atomic E-state index is 13.2. The molecule has 0 aliphatic carbocycles. The molecule has 0 saturated carbocycles. The lowest BCUT2D eigenvalue weighted by atomic mass is 10.1. The van der Waals surface area contributed by atoms with Crippen LogP contribution in [0.25, 0.3) is 28.0 Å². The van der Waals surface area contributed by atoms with Crippen LogP contribution in [0.5, 0.6) is 0 Å². The molecule has 3 heterocycles. The summed E-state index contributed by atoms with van der Waals surface area (Å²) in [5, 5.41) is 11.8. The zero-order valence-electron chi connectivity index (χ0n) is 17.9. The molecule has 0 atom stereocenters. The Kier molecular flexibility index (Phi) is 5.60. The fourth-order valence-corrected chi connectivity index (χ4v) is 4.32. The third-order valence-corrected chi connectivity index (χ3v) is 6.05. The molecule has 162 valence electrons. The predicted molar refractivity (Wildman–Crippen MR) is 129 cm³/mol. The fourth-order valence-electron chi connectivity index (χ4n) is 4.32. The molecule has 0 bridgehead atoms. The van der Waals surface area contributed by atoms with Crippen molar-refractivity contribution in [2.45, 2.75) is 12.8 Å². The summed E-state index contributed by atoms with van der Waals surface area (Å²) >= 11 is 0. The van der Waals surface area contributed by atoms with Gasteiger partial charge >= 0.3 is 0 Å². The maximum Gasteiger partial charge on any atom is 0.266 e. The quantitative estimate of drug-likeness (QED) is 0.418. The van der Waals surface area contributed by atoms with Crippen LogP contribution in [0.3, 0.4) is 0 Å². The summed E-state index contributed by atoms with van der Waals surface area (Å²) in [5.74, 6) is 0.674. The number of likely N-dealkylation sites (tertiary alicyclic amines) is 1. The van der Waals surface area contributed by atoms with Crippen molar-refractivity contribution >= 4 is 22.9 Å². The minimum atomic E-state index is -0.140. The molecule has 6 nitrogen and oxygen atoms in total. The first-order chi connectivity index (χ1) is 15.7. The Morgan fingerprint density at radius 2 is 1.84 bits per heavy atom. The number of benzene rings is 2. The van der Waals surface area contributed by atoms with Crippen LogP contribution >= 0.6 is 0 Å². The standard InChI is InChI=1S/C26H26N4O2/c27-18-20-16-21(8-9-23(20)28-11-15-29-12-4-5-13-29)30-14-10-24-22(26(30)31)17-25(32-24)19-6-2-1-3-7-19/h1-3,6-10,14,16-18,27-28H,4-5,11-13,15H2. The second-order valence-electron chi connectivity index (χ2n) is 8.14. The zero-order valence-corrected chi connectivity index (χ0v) is 17.9. The summed E-state index contributed by atoms with van der Waals surface area (Å²) in [6, 6.07) is 19.1. The smallest absolute Gasteiger partial charge is 0.266 e. The lowest BCUT2D eigenvalue weighted by molar-refractivity contribution is 0.352. The average Bonchev–Trinajstić information content (AvgIpc) is 3.51. The van der Waals surface area contributed by atoms with Crippen molar-refractivity contribution in [1.82, 2.24) is 9.47 Å². The predicted octanol–water partition coefficient (Wildman–Crippen LogP) is 4.76. The minimum absolute atomic E-state index is 0.140. The van der Waals surface area contributed by atoms with Gasteiger partial charge in [0, 0.05) is 48.0 Å². The summed E-state index contributed by atoms with van der Waals surface area (Å²) in [7, 11) is 0. The van der Waals surface area contributed by atoms with Crippen LogP contribution in [-0.4, -0.2) is 41.9 Å². The van der Waals surface area contributed by atoms with Crippen molar-refractivity contribution in [1.29, 1.82) is 5.41 Å². The Bertz CT molecular complexity index is 1300. The molecule has 2 aromatic carbocycles. The molecule has 1 aliphatic rings. The molecule has 6 heteroatoms. The van der Waals surface area contributed by atoms with E-state index >= 15 is 0 Å². The van der Waals surface area contributed by atoms with Crippen LogP contribution in [0.1, 0.15) is 18.4 Å². The highest BCUT2D eigenvalue weighted by atomic mass is 16.3. The Labute approximate surface area is 186 Å². The van der Waals surface area contributed by atoms with Crippen molar-refractivity contribution in [3.63, 3.8) is 0 Å². The Morgan fingerprint density at radius 1 is 1.03 bits per heavy atom. The summed E-state index contributed by atoms with van der Waals surface area (Å²) in [4.78, 5) is 15.7. The van der Waals surface area contributed by atoms with E-state index in [1.807, 2.05) is 54.6 Å². The van der Waals surface area contributed by atoms with Gasteiger partial charge in [0.05, 0.1) is 5.39 Å². The first kappa shape index (κ1) is 20.3. The Balaban J connectivity index is 1.42. The lowest BCUT2D eigenvalue weighted by Crippen LogP contribution is -2.26. The van der Waals surface area contributed by atoms with Gasteiger partial charge in [0.15, 0.2) is 0 Å². The monoisotopic (exact) mass is 426 g/mol. The molecule has 5 rings (SSSR count). The number of nitrogens with zero attached hydrogens (tertiary/aromatic N) is 2. The molecule has 2 aromatic heterocycles. The third kappa shape index (κ3) is 3.97. The number of furan rings is 1. The SMILES string of the molecule is N=Cc1cc(-n2ccc3oc(-c4ccccc4)cc3c2=O)ccc1NCCN1CCCC1. The summed E-state index contributed by atoms with van der Waals surface area (Å²) in [5.41, 5.74) is 3.75. The molecular weight excluding hydrogens is 400 g/mol. The molecule has 1 saturated heterocycles. The van der Waals surface area contributed by atoms with E-state index in [2.05, 4.69) is 10.2 Å². The van der Waals surface area contributed by atoms with Gasteiger partial charge in [0.25, 0.3) is 5.56 Å². The average molecular weight is 427 g/mol. The number of aromatic nitrogens is 1. The van der Waals surface area contributed by atoms with Crippen molar-refractivity contribution in [3.05, 3.63) is 82.8 Å². The largest absolute Gasteiger partial charge is 0.456 e. The second kappa shape index (κ2) is 8.85. The number of hydrogen-bond acceptors (Lipinski definition) is 5. The van der Waals surface area contributed by atoms with Crippen LogP contribution in [0.15, 0.2) is 76.1 Å². The van der Waals surface area contributed by atoms with E-state index in [-0.39, 0.29) is 5.56 Å². The first-order valence-electron chi connectivity index (χ1n) is 11.0. The van der Waals surface area contributed by atoms with Gasteiger partial charge in [-0.05, 0) is 56.3 Å². The van der Waals surface area contributed by atoms with Crippen LogP contribution in [0.4, 0.5) is 5.69 Å². The van der Waals surface area contributed by atoms with Crippen LogP contribution < -0.4 is 10.9 Å². The highest BCUT2D eigenvalue weighted by molar-refractivity contribution is 5.87. The third-order valence-electron chi connectivity index (χ3n) is 6.05. The molecule has 1 aliphatic heterocycles. The number of fused-ring (bicyclic) bond motifs is 1. The van der Waals surface area contributed by atoms with E-state index < -0.39 is 0 Å². The Hall–Kier alpha value is -3.64. The normalized spacial score (nSPS) is 14.1. The van der Waals surface area contributed by atoms with Gasteiger partial charge in [-0.1, -0.05) is 30.3 Å². The molecule has 0 amide bonds. The van der Waals surface area contributed by atoms with Gasteiger partial charge in [-0.15, -0.1) is 0 Å². The van der Waals surface area contributed by atoms with Crippen LogP contribution in [0, 0.1) is 5.41 Å². The van der Waals surface area contributed by atoms with E-state index in [9.17, 15) is 4.79 Å². The number of nitrogens with one attached hydrogen (secondary N) is 2. The van der Waals surface area contributed by atoms with E-state index in [1.54, 1.807) is 16.8 Å². The number of rotatable bonds is 7. The molecule has 0 spiro atoms. The lowest BCUT2D eigenvalue weighted by Gasteiger charge is -2.17. The van der Waals surface area contributed by atoms with Crippen molar-refractivity contribution in [2.75, 3.05) is 31.5 Å². The summed E-state index contributed by atoms with van der Waals surface area (Å²) < 4.78 is 7.52. The first-order valence-corrected chi connectivity index (χ1v) is 11.0. The molecule has 0 radical (unpaired) electrons. The zero-order chi connectivity index (χ0) is 21.9. The number of anilines is 1. The molecule has 32 heavy (non-hydrogen) atoms. The van der Waals surface area contributed by atoms with Crippen molar-refractivity contribution < 1.29 is 4.42 Å². The summed E-state index contributed by atoms with van der Waals surface area (Å²) in [6.07, 6.45) is 5.62. The van der Waals surface area contributed by atoms with Gasteiger partial charge in [0.2, 0.25) is 0 Å². The molecule has 0 unspecified atom stereocenters. The molecule has 2 N–H and O–H groups in total. The number of hydrogen-bond donors (Lipinski definition) is 2. The van der Waals surface area contributed by atoms with E-state index in [0.717, 1.165) is 35.6 Å². The van der Waals surface area contributed by atoms with Crippen molar-refractivity contribution in [3.8, 4) is 17.0 Å². The van der Waals surface area contributed by atoms with E-state index in [4.69, 9.17) is 9.83 Å². The van der Waals surface area contributed by atoms with Gasteiger partial charge in [-0.2, -0.15) is 0 Å². The van der Waals surface area contributed by atoms with Crippen LogP contribution in [-0.2, 0) is 0 Å². The number of pyridine rings is 1. The van der Waals surface area contributed by atoms with Gasteiger partial charge in [-0.3, -0.25) is 9.36 Å². The maximum absolute atomic E-state index is 13.2. The topological polar surface area (TPSA) is 74.3 Å². The van der Waals surface area contributed by atoms with Gasteiger partial charge in [-0.25, -0.2) is 0 Å².